The Morgan fingerprint density at radius 1 is 0.416 bits per heavy atom. The third-order valence-corrected chi connectivity index (χ3v) is 17.6. The van der Waals surface area contributed by atoms with Gasteiger partial charge in [0.25, 0.3) is 0 Å². The Kier molecular flexibility index (Phi) is 10.5. The maximum Gasteiger partial charge on any atom is 0.0713 e. The lowest BCUT2D eigenvalue weighted by atomic mass is 9.65. The summed E-state index contributed by atoms with van der Waals surface area (Å²) in [4.78, 5) is 2.26. The second kappa shape index (κ2) is 18.0. The molecule has 15 rings (SSSR count). The summed E-state index contributed by atoms with van der Waals surface area (Å²) in [6, 6.07) is 93.5. The summed E-state index contributed by atoms with van der Waals surface area (Å²) in [6.07, 6.45) is 13.4. The number of allylic oxidation sites excluding steroid dienone is 5. The van der Waals surface area contributed by atoms with Crippen molar-refractivity contribution in [3.63, 3.8) is 0 Å². The third-order valence-electron chi connectivity index (χ3n) is 17.6. The van der Waals surface area contributed by atoms with E-state index in [-0.39, 0.29) is 0 Å². The fourth-order valence-electron chi connectivity index (χ4n) is 14.2. The second-order valence-corrected chi connectivity index (χ2v) is 21.4. The summed E-state index contributed by atoms with van der Waals surface area (Å²) in [6.45, 7) is 0. The number of anilines is 2. The maximum atomic E-state index is 2.55. The van der Waals surface area contributed by atoms with Crippen molar-refractivity contribution >= 4 is 33.9 Å². The van der Waals surface area contributed by atoms with Crippen LogP contribution in [0.2, 0.25) is 0 Å². The van der Waals surface area contributed by atoms with E-state index in [1.807, 2.05) is 0 Å². The van der Waals surface area contributed by atoms with E-state index >= 15 is 0 Å². The lowest BCUT2D eigenvalue weighted by Crippen LogP contribution is -2.30. The zero-order valence-electron chi connectivity index (χ0n) is 43.2. The van der Waals surface area contributed by atoms with E-state index in [0.29, 0.717) is 0 Å². The lowest BCUT2D eigenvalue weighted by Gasteiger charge is -2.37. The minimum absolute atomic E-state index is 0.394. The third kappa shape index (κ3) is 6.81. The van der Waals surface area contributed by atoms with Gasteiger partial charge < -0.3 is 9.47 Å². The van der Waals surface area contributed by atoms with Crippen LogP contribution >= 0.6 is 0 Å². The zero-order valence-corrected chi connectivity index (χ0v) is 43.2. The Balaban J connectivity index is 0.916. The Morgan fingerprint density at radius 2 is 0.922 bits per heavy atom. The van der Waals surface area contributed by atoms with E-state index in [1.165, 1.54) is 123 Å². The van der Waals surface area contributed by atoms with Crippen LogP contribution in [-0.4, -0.2) is 11.6 Å². The van der Waals surface area contributed by atoms with Crippen LogP contribution in [0, 0.1) is 0 Å². The molecule has 0 saturated heterocycles. The Bertz CT molecular complexity index is 4160. The molecule has 366 valence electrons. The van der Waals surface area contributed by atoms with Crippen LogP contribution in [0.15, 0.2) is 273 Å². The van der Waals surface area contributed by atoms with Gasteiger partial charge in [0, 0.05) is 40.8 Å². The van der Waals surface area contributed by atoms with Gasteiger partial charge in [-0.15, -0.1) is 0 Å². The molecule has 0 fully saturated rings. The molecule has 77 heavy (non-hydrogen) atoms. The molecule has 0 amide bonds. The number of para-hydroxylation sites is 1. The van der Waals surface area contributed by atoms with Gasteiger partial charge in [-0.25, -0.2) is 0 Å². The average Bonchev–Trinajstić information content (AvgIpc) is 4.26. The fourth-order valence-corrected chi connectivity index (χ4v) is 14.2. The van der Waals surface area contributed by atoms with Crippen LogP contribution in [0.1, 0.15) is 75.0 Å². The summed E-state index contributed by atoms with van der Waals surface area (Å²) in [5, 5.41) is 1.27. The van der Waals surface area contributed by atoms with Crippen LogP contribution in [0.5, 0.6) is 0 Å². The van der Waals surface area contributed by atoms with Crippen molar-refractivity contribution in [2.24, 2.45) is 0 Å². The topological polar surface area (TPSA) is 8.17 Å². The Hall–Kier alpha value is -9.24. The fraction of sp³-hybridized carbons (Fsp3) is 0.0933. The number of aromatic nitrogens is 1. The average molecular weight is 985 g/mol. The minimum Gasteiger partial charge on any atom is -0.345 e. The summed E-state index contributed by atoms with van der Waals surface area (Å²) in [7, 11) is 2.15. The number of rotatable bonds is 9. The molecule has 0 bridgehead atoms. The van der Waals surface area contributed by atoms with Crippen molar-refractivity contribution in [2.45, 2.75) is 36.5 Å². The van der Waals surface area contributed by atoms with E-state index in [9.17, 15) is 0 Å². The summed E-state index contributed by atoms with van der Waals surface area (Å²) in [5.74, 6) is 0. The van der Waals surface area contributed by atoms with Crippen molar-refractivity contribution in [1.82, 2.24) is 4.57 Å². The highest BCUT2D eigenvalue weighted by atomic mass is 15.1. The van der Waals surface area contributed by atoms with Crippen molar-refractivity contribution in [3.8, 4) is 39.1 Å². The molecule has 0 N–H and O–H groups in total. The second-order valence-electron chi connectivity index (χ2n) is 21.4. The van der Waals surface area contributed by atoms with Crippen LogP contribution in [0.4, 0.5) is 11.4 Å². The molecule has 0 aliphatic heterocycles. The van der Waals surface area contributed by atoms with Crippen molar-refractivity contribution in [3.05, 3.63) is 328 Å². The molecule has 4 aliphatic rings. The number of nitrogens with zero attached hydrogens (tertiary/aromatic N) is 2. The molecule has 2 nitrogen and oxygen atoms in total. The molecule has 0 radical (unpaired) electrons. The summed E-state index contributed by atoms with van der Waals surface area (Å²) in [5.41, 5.74) is 27.7. The van der Waals surface area contributed by atoms with Gasteiger partial charge in [-0.2, -0.15) is 0 Å². The van der Waals surface area contributed by atoms with Crippen molar-refractivity contribution in [2.75, 3.05) is 11.9 Å². The van der Waals surface area contributed by atoms with Gasteiger partial charge >= 0.3 is 0 Å². The van der Waals surface area contributed by atoms with E-state index < -0.39 is 10.8 Å². The molecular formula is C75H56N2. The molecule has 0 saturated carbocycles. The normalized spacial score (nSPS) is 16.4. The van der Waals surface area contributed by atoms with Gasteiger partial charge in [0.15, 0.2) is 0 Å². The molecule has 2 heteroatoms. The van der Waals surface area contributed by atoms with Crippen LogP contribution in [-0.2, 0) is 17.3 Å². The molecule has 1 heterocycles. The van der Waals surface area contributed by atoms with Crippen LogP contribution < -0.4 is 4.90 Å². The molecule has 1 unspecified atom stereocenters. The van der Waals surface area contributed by atoms with Crippen molar-refractivity contribution in [1.29, 1.82) is 0 Å². The standard InChI is InChI=1S/C75H56N2/c1-76(59-29-15-6-16-30-59)60-39-41-61(42-40-60)77-72-45-37-51(53-35-43-64-62-31-17-19-33-68(62)74(70(64)49-53,55-21-7-2-8-22-55)56-23-9-3-10-24-56)47-66(72)67-48-52(38-46-73(67)77)54-36-44-65-63-32-18-20-34-69(63)75(71(65)50-54,57-25-11-4-12-26-57)58-27-13-5-14-28-58/h2-13,15-27,29-36,38-44,46-50H,14,28,37,45H2,1H3. The van der Waals surface area contributed by atoms with Crippen LogP contribution in [0.3, 0.4) is 0 Å². The first-order valence-electron chi connectivity index (χ1n) is 27.4. The Labute approximate surface area is 451 Å². The Morgan fingerprint density at radius 3 is 1.56 bits per heavy atom. The number of hydrogen-bond donors (Lipinski definition) is 0. The molecule has 11 aromatic rings. The molecule has 10 aromatic carbocycles. The van der Waals surface area contributed by atoms with E-state index in [0.717, 1.165) is 31.4 Å². The number of fused-ring (bicyclic) bond motifs is 9. The predicted molar refractivity (Wildman–Crippen MR) is 321 cm³/mol. The summed E-state index contributed by atoms with van der Waals surface area (Å²) >= 11 is 0. The van der Waals surface area contributed by atoms with Gasteiger partial charge in [-0.3, -0.25) is 0 Å². The van der Waals surface area contributed by atoms with Gasteiger partial charge in [-0.1, -0.05) is 212 Å². The maximum absolute atomic E-state index is 2.55. The monoisotopic (exact) mass is 984 g/mol. The smallest absolute Gasteiger partial charge is 0.0713 e. The lowest BCUT2D eigenvalue weighted by molar-refractivity contribution is 0.693. The summed E-state index contributed by atoms with van der Waals surface area (Å²) < 4.78 is 2.55. The highest BCUT2D eigenvalue weighted by molar-refractivity contribution is 6.02. The molecule has 0 spiro atoms. The van der Waals surface area contributed by atoms with E-state index in [1.54, 1.807) is 0 Å². The zero-order chi connectivity index (χ0) is 51.1. The van der Waals surface area contributed by atoms with Gasteiger partial charge in [0.2, 0.25) is 0 Å². The number of hydrogen-bond acceptors (Lipinski definition) is 1. The van der Waals surface area contributed by atoms with Crippen molar-refractivity contribution < 1.29 is 0 Å². The first-order valence-corrected chi connectivity index (χ1v) is 27.4. The SMILES string of the molecule is CN(c1ccccc1)c1ccc(-n2c3c(c4cc(-c5ccc6c(c5)C(C5=CC=CCC5)(c5ccccc5)c5ccccc5-6)ccc42)C=C(c2ccc4c(c2)C(c2ccccc2)(c2ccccc2)c2ccccc2-4)CC3)cc1. The van der Waals surface area contributed by atoms with Gasteiger partial charge in [0.1, 0.15) is 0 Å². The molecule has 4 aliphatic carbocycles. The first-order chi connectivity index (χ1) is 38.1. The molecular weight excluding hydrogens is 929 g/mol. The quantitative estimate of drug-likeness (QED) is 0.140. The number of benzene rings is 10. The predicted octanol–water partition coefficient (Wildman–Crippen LogP) is 18.5. The minimum atomic E-state index is -0.462. The van der Waals surface area contributed by atoms with Gasteiger partial charge in [0.05, 0.1) is 16.3 Å². The largest absolute Gasteiger partial charge is 0.345 e. The highest BCUT2D eigenvalue weighted by Gasteiger charge is 2.48. The highest BCUT2D eigenvalue weighted by Crippen LogP contribution is 2.59. The van der Waals surface area contributed by atoms with E-state index in [2.05, 4.69) is 290 Å². The van der Waals surface area contributed by atoms with Gasteiger partial charge in [-0.05, 0) is 176 Å². The molecule has 1 aromatic heterocycles. The van der Waals surface area contributed by atoms with E-state index in [4.69, 9.17) is 0 Å². The molecule has 1 atom stereocenters. The first kappa shape index (κ1) is 45.2. The van der Waals surface area contributed by atoms with Crippen LogP contribution in [0.25, 0.3) is 61.6 Å².